The summed E-state index contributed by atoms with van der Waals surface area (Å²) in [6, 6.07) is 4.64. The first-order valence-electron chi connectivity index (χ1n) is 5.77. The van der Waals surface area contributed by atoms with E-state index in [1.807, 2.05) is 0 Å². The van der Waals surface area contributed by atoms with Crippen LogP contribution < -0.4 is 0 Å². The minimum Gasteiger partial charge on any atom is -0.0921 e. The lowest BCUT2D eigenvalue weighted by atomic mass is 9.87. The summed E-state index contributed by atoms with van der Waals surface area (Å²) in [5, 5.41) is 1.11. The van der Waals surface area contributed by atoms with Crippen LogP contribution in [0.15, 0.2) is 12.1 Å². The molecule has 0 amide bonds. The Morgan fingerprint density at radius 1 is 1.20 bits per heavy atom. The largest absolute Gasteiger partial charge is 0.0921 e. The van der Waals surface area contributed by atoms with Gasteiger partial charge in [-0.2, -0.15) is 0 Å². The van der Waals surface area contributed by atoms with Crippen molar-refractivity contribution in [1.29, 1.82) is 0 Å². The Morgan fingerprint density at radius 3 is 2.13 bits per heavy atom. The van der Waals surface area contributed by atoms with Gasteiger partial charge in [0.15, 0.2) is 0 Å². The van der Waals surface area contributed by atoms with Gasteiger partial charge in [-0.05, 0) is 62.1 Å². The molecule has 1 aromatic rings. The lowest BCUT2D eigenvalue weighted by Gasteiger charge is -2.20. The molecule has 1 heteroatoms. The van der Waals surface area contributed by atoms with Gasteiger partial charge >= 0.3 is 0 Å². The van der Waals surface area contributed by atoms with E-state index in [-0.39, 0.29) is 0 Å². The molecule has 0 radical (unpaired) electrons. The van der Waals surface area contributed by atoms with Crippen LogP contribution in [0.2, 0.25) is 0 Å². The quantitative estimate of drug-likeness (QED) is 0.707. The molecular formula is C14H19Br. The van der Waals surface area contributed by atoms with E-state index in [2.05, 4.69) is 48.8 Å². The fraction of sp³-hybridized carbons (Fsp3) is 0.571. The van der Waals surface area contributed by atoms with Crippen LogP contribution in [0.25, 0.3) is 0 Å². The molecule has 1 aliphatic rings. The number of halogens is 1. The summed E-state index contributed by atoms with van der Waals surface area (Å²) in [6.07, 6.45) is 2.84. The molecule has 0 aliphatic heterocycles. The van der Waals surface area contributed by atoms with Crippen LogP contribution in [0.4, 0.5) is 0 Å². The molecule has 82 valence electrons. The second-order valence-electron chi connectivity index (χ2n) is 4.91. The second kappa shape index (κ2) is 4.29. The first-order valence-corrected chi connectivity index (χ1v) is 6.89. The second-order valence-corrected chi connectivity index (χ2v) is 5.56. The highest BCUT2D eigenvalue weighted by molar-refractivity contribution is 9.09. The normalized spacial score (nSPS) is 17.9. The molecule has 0 spiro atoms. The average Bonchev–Trinajstić information content (AvgIpc) is 2.94. The van der Waals surface area contributed by atoms with E-state index >= 15 is 0 Å². The molecule has 1 aliphatic carbocycles. The Bertz CT molecular complexity index is 341. The lowest BCUT2D eigenvalue weighted by molar-refractivity contribution is 0.669. The predicted molar refractivity (Wildman–Crippen MR) is 69.9 cm³/mol. The minimum atomic E-state index is 0.741. The maximum absolute atomic E-state index is 3.68. The van der Waals surface area contributed by atoms with E-state index in [0.29, 0.717) is 0 Å². The SMILES string of the molecule is Cc1cc(C)c(C(CBr)C2CC2)c(C)c1. The molecule has 1 atom stereocenters. The van der Waals surface area contributed by atoms with E-state index in [0.717, 1.165) is 17.2 Å². The molecule has 0 N–H and O–H groups in total. The fourth-order valence-electron chi connectivity index (χ4n) is 2.71. The molecule has 0 nitrogen and oxygen atoms in total. The van der Waals surface area contributed by atoms with Crippen LogP contribution in [-0.4, -0.2) is 5.33 Å². The first-order chi connectivity index (χ1) is 7.13. The monoisotopic (exact) mass is 266 g/mol. The number of hydrogen-bond acceptors (Lipinski definition) is 0. The third-order valence-corrected chi connectivity index (χ3v) is 4.16. The van der Waals surface area contributed by atoms with Gasteiger partial charge in [-0.1, -0.05) is 33.6 Å². The zero-order chi connectivity index (χ0) is 11.0. The third-order valence-electron chi connectivity index (χ3n) is 3.47. The lowest BCUT2D eigenvalue weighted by Crippen LogP contribution is -2.07. The van der Waals surface area contributed by atoms with Crippen molar-refractivity contribution >= 4 is 15.9 Å². The van der Waals surface area contributed by atoms with Gasteiger partial charge in [-0.15, -0.1) is 0 Å². The van der Waals surface area contributed by atoms with Crippen LogP contribution in [0, 0.1) is 26.7 Å². The van der Waals surface area contributed by atoms with Crippen molar-refractivity contribution in [2.24, 2.45) is 5.92 Å². The zero-order valence-corrected chi connectivity index (χ0v) is 11.4. The molecule has 0 saturated heterocycles. The van der Waals surface area contributed by atoms with Crippen molar-refractivity contribution in [2.45, 2.75) is 39.5 Å². The van der Waals surface area contributed by atoms with Gasteiger partial charge in [0.2, 0.25) is 0 Å². The Labute approximate surface area is 101 Å². The van der Waals surface area contributed by atoms with Crippen molar-refractivity contribution < 1.29 is 0 Å². The molecule has 15 heavy (non-hydrogen) atoms. The smallest absolute Gasteiger partial charge is 0.0103 e. The van der Waals surface area contributed by atoms with E-state index < -0.39 is 0 Å². The maximum atomic E-state index is 3.68. The van der Waals surface area contributed by atoms with Crippen LogP contribution in [0.3, 0.4) is 0 Å². The molecule has 1 unspecified atom stereocenters. The Kier molecular flexibility index (Phi) is 3.20. The molecule has 1 saturated carbocycles. The van der Waals surface area contributed by atoms with Crippen molar-refractivity contribution in [1.82, 2.24) is 0 Å². The van der Waals surface area contributed by atoms with Gasteiger partial charge in [0.05, 0.1) is 0 Å². The summed E-state index contributed by atoms with van der Waals surface area (Å²) in [4.78, 5) is 0. The molecule has 2 rings (SSSR count). The van der Waals surface area contributed by atoms with Crippen molar-refractivity contribution in [3.63, 3.8) is 0 Å². The number of hydrogen-bond donors (Lipinski definition) is 0. The third kappa shape index (κ3) is 2.28. The summed E-state index contributed by atoms with van der Waals surface area (Å²) in [5.74, 6) is 1.68. The number of rotatable bonds is 3. The molecular weight excluding hydrogens is 248 g/mol. The molecule has 1 fully saturated rings. The summed E-state index contributed by atoms with van der Waals surface area (Å²) in [7, 11) is 0. The minimum absolute atomic E-state index is 0.741. The van der Waals surface area contributed by atoms with Crippen LogP contribution in [-0.2, 0) is 0 Å². The number of aryl methyl sites for hydroxylation is 3. The van der Waals surface area contributed by atoms with Crippen molar-refractivity contribution in [3.8, 4) is 0 Å². The molecule has 0 heterocycles. The van der Waals surface area contributed by atoms with Crippen LogP contribution >= 0.6 is 15.9 Å². The van der Waals surface area contributed by atoms with Gasteiger partial charge in [0.1, 0.15) is 0 Å². The summed E-state index contributed by atoms with van der Waals surface area (Å²) in [5.41, 5.74) is 5.94. The highest BCUT2D eigenvalue weighted by atomic mass is 79.9. The van der Waals surface area contributed by atoms with Gasteiger partial charge in [0.25, 0.3) is 0 Å². The molecule has 1 aromatic carbocycles. The van der Waals surface area contributed by atoms with E-state index in [1.165, 1.54) is 29.5 Å². The van der Waals surface area contributed by atoms with Crippen LogP contribution in [0.1, 0.15) is 41.0 Å². The van der Waals surface area contributed by atoms with E-state index in [4.69, 9.17) is 0 Å². The first kappa shape index (κ1) is 11.2. The van der Waals surface area contributed by atoms with E-state index in [1.54, 1.807) is 5.56 Å². The van der Waals surface area contributed by atoms with Crippen molar-refractivity contribution in [2.75, 3.05) is 5.33 Å². The highest BCUT2D eigenvalue weighted by Gasteiger charge is 2.32. The fourth-order valence-corrected chi connectivity index (χ4v) is 3.57. The topological polar surface area (TPSA) is 0 Å². The summed E-state index contributed by atoms with van der Waals surface area (Å²) in [6.45, 7) is 6.70. The zero-order valence-electron chi connectivity index (χ0n) is 9.81. The van der Waals surface area contributed by atoms with Crippen molar-refractivity contribution in [3.05, 3.63) is 34.4 Å². The summed E-state index contributed by atoms with van der Waals surface area (Å²) < 4.78 is 0. The van der Waals surface area contributed by atoms with Gasteiger partial charge in [0, 0.05) is 5.33 Å². The number of alkyl halides is 1. The Balaban J connectivity index is 2.40. The van der Waals surface area contributed by atoms with Gasteiger partial charge in [-0.25, -0.2) is 0 Å². The highest BCUT2D eigenvalue weighted by Crippen LogP contribution is 2.45. The molecule has 0 bridgehead atoms. The maximum Gasteiger partial charge on any atom is 0.0103 e. The standard InChI is InChI=1S/C14H19Br/c1-9-6-10(2)14(11(3)7-9)13(8-15)12-4-5-12/h6-7,12-13H,4-5,8H2,1-3H3. The molecule has 0 aromatic heterocycles. The van der Waals surface area contributed by atoms with Gasteiger partial charge in [-0.3, -0.25) is 0 Å². The average molecular weight is 267 g/mol. The van der Waals surface area contributed by atoms with Gasteiger partial charge < -0.3 is 0 Å². The summed E-state index contributed by atoms with van der Waals surface area (Å²) >= 11 is 3.68. The Hall–Kier alpha value is -0.300. The number of benzene rings is 1. The Morgan fingerprint density at radius 2 is 1.73 bits per heavy atom. The van der Waals surface area contributed by atoms with E-state index in [9.17, 15) is 0 Å². The predicted octanol–water partition coefficient (Wildman–Crippen LogP) is 4.50. The van der Waals surface area contributed by atoms with Crippen LogP contribution in [0.5, 0.6) is 0 Å².